The molecule has 4 aliphatic carbocycles. The minimum absolute atomic E-state index is 0.0478. The molecule has 1 aromatic rings. The molecule has 208 valence electrons. The number of furan rings is 1. The maximum absolute atomic E-state index is 14.9. The molecule has 6 fully saturated rings. The molecule has 7 rings (SSSR count). The van der Waals surface area contributed by atoms with Crippen molar-refractivity contribution >= 4 is 11.8 Å². The first-order valence-electron chi connectivity index (χ1n) is 13.6. The standard InChI is InChI=1S/C28H36O10/c1-12(29)37-22-20(33)21-26(4,28-19(38-28)7-14(25(22,28)3)13-5-6-35-10-13)17(31)8-15-24(2)16(30)9-18(32)27(15,21)11-36-23(24)34/h5-6,10,14-19,21-23,30-32,34H,7-9,11H2,1-4H3. The largest absolute Gasteiger partial charge is 0.472 e. The van der Waals surface area contributed by atoms with Gasteiger partial charge in [0.2, 0.25) is 0 Å². The fourth-order valence-corrected chi connectivity index (χ4v) is 10.6. The summed E-state index contributed by atoms with van der Waals surface area (Å²) in [5, 5.41) is 45.7. The molecule has 0 amide bonds. The average Bonchev–Trinajstić information content (AvgIpc) is 3.22. The van der Waals surface area contributed by atoms with Crippen LogP contribution in [0.2, 0.25) is 0 Å². The molecule has 2 aliphatic heterocycles. The van der Waals surface area contributed by atoms with E-state index in [1.54, 1.807) is 19.5 Å². The van der Waals surface area contributed by atoms with Gasteiger partial charge < -0.3 is 39.1 Å². The fraction of sp³-hybridized carbons (Fsp3) is 0.786. The number of hydrogen-bond acceptors (Lipinski definition) is 10. The molecule has 1 aromatic heterocycles. The second-order valence-electron chi connectivity index (χ2n) is 13.3. The van der Waals surface area contributed by atoms with E-state index in [9.17, 15) is 30.0 Å². The summed E-state index contributed by atoms with van der Waals surface area (Å²) in [5.74, 6) is -2.87. The van der Waals surface area contributed by atoms with Gasteiger partial charge in [0.25, 0.3) is 0 Å². The monoisotopic (exact) mass is 532 g/mol. The van der Waals surface area contributed by atoms with Crippen LogP contribution in [0, 0.1) is 33.5 Å². The number of ether oxygens (including phenoxy) is 3. The summed E-state index contributed by atoms with van der Waals surface area (Å²) in [4.78, 5) is 27.4. The highest BCUT2D eigenvalue weighted by Gasteiger charge is 2.92. The number of rotatable bonds is 2. The SMILES string of the molecule is CC(=O)OC1C(=O)C2C34COC(O)C(C)(C(O)CC3O)C4CC(O)C2(C)C23OC2CC(c2ccoc2)C13C. The lowest BCUT2D eigenvalue weighted by Gasteiger charge is -2.72. The Hall–Kier alpha value is -1.82. The molecule has 14 unspecified atom stereocenters. The Bertz CT molecular complexity index is 1200. The van der Waals surface area contributed by atoms with Gasteiger partial charge in [-0.25, -0.2) is 0 Å². The van der Waals surface area contributed by atoms with E-state index in [0.717, 1.165) is 5.56 Å². The second-order valence-corrected chi connectivity index (χ2v) is 13.3. The van der Waals surface area contributed by atoms with Gasteiger partial charge in [-0.05, 0) is 30.4 Å². The van der Waals surface area contributed by atoms with Crippen LogP contribution in [0.3, 0.4) is 0 Å². The Kier molecular flexibility index (Phi) is 4.82. The lowest BCUT2D eigenvalue weighted by molar-refractivity contribution is -0.373. The zero-order valence-corrected chi connectivity index (χ0v) is 22.0. The van der Waals surface area contributed by atoms with Crippen molar-refractivity contribution in [2.45, 2.75) is 95.3 Å². The van der Waals surface area contributed by atoms with Crippen LogP contribution in [0.4, 0.5) is 0 Å². The summed E-state index contributed by atoms with van der Waals surface area (Å²) < 4.78 is 23.7. The number of hydrogen-bond donors (Lipinski definition) is 4. The molecule has 0 radical (unpaired) electrons. The highest BCUT2D eigenvalue weighted by molar-refractivity contribution is 5.92. The predicted octanol–water partition coefficient (Wildman–Crippen LogP) is 0.895. The van der Waals surface area contributed by atoms with E-state index < -0.39 is 75.8 Å². The molecule has 4 saturated carbocycles. The van der Waals surface area contributed by atoms with Crippen molar-refractivity contribution in [3.05, 3.63) is 24.2 Å². The highest BCUT2D eigenvalue weighted by atomic mass is 16.6. The zero-order chi connectivity index (χ0) is 27.2. The third-order valence-electron chi connectivity index (χ3n) is 12.3. The molecule has 3 heterocycles. The number of carbonyl (C=O) groups excluding carboxylic acids is 2. The van der Waals surface area contributed by atoms with E-state index in [0.29, 0.717) is 6.42 Å². The number of Topliss-reactive ketones (excluding diaryl/α,β-unsaturated/α-hetero) is 1. The molecule has 2 saturated heterocycles. The molecular formula is C28H36O10. The Balaban J connectivity index is 1.47. The van der Waals surface area contributed by atoms with E-state index in [4.69, 9.17) is 18.6 Å². The molecule has 6 aliphatic rings. The maximum atomic E-state index is 14.9. The van der Waals surface area contributed by atoms with Crippen molar-refractivity contribution in [1.82, 2.24) is 0 Å². The molecule has 10 nitrogen and oxygen atoms in total. The smallest absolute Gasteiger partial charge is 0.303 e. The van der Waals surface area contributed by atoms with Crippen molar-refractivity contribution in [1.29, 1.82) is 0 Å². The number of aliphatic hydroxyl groups is 4. The zero-order valence-electron chi connectivity index (χ0n) is 22.0. The van der Waals surface area contributed by atoms with Crippen molar-refractivity contribution in [2.24, 2.45) is 33.5 Å². The molecule has 1 spiro atoms. The first-order chi connectivity index (χ1) is 17.8. The molecule has 10 heteroatoms. The Morgan fingerprint density at radius 3 is 2.42 bits per heavy atom. The average molecular weight is 533 g/mol. The van der Waals surface area contributed by atoms with Crippen molar-refractivity contribution < 1.29 is 48.6 Å². The van der Waals surface area contributed by atoms with E-state index in [1.165, 1.54) is 6.92 Å². The van der Waals surface area contributed by atoms with Crippen LogP contribution in [-0.4, -0.2) is 81.2 Å². The third-order valence-corrected chi connectivity index (χ3v) is 12.3. The van der Waals surface area contributed by atoms with Crippen LogP contribution in [0.1, 0.15) is 58.4 Å². The lowest BCUT2D eigenvalue weighted by atomic mass is 9.33. The van der Waals surface area contributed by atoms with Crippen LogP contribution in [-0.2, 0) is 23.8 Å². The van der Waals surface area contributed by atoms with Gasteiger partial charge in [0.1, 0.15) is 5.60 Å². The van der Waals surface area contributed by atoms with Gasteiger partial charge in [0, 0.05) is 41.4 Å². The van der Waals surface area contributed by atoms with Gasteiger partial charge in [-0.1, -0.05) is 20.8 Å². The summed E-state index contributed by atoms with van der Waals surface area (Å²) in [6.45, 7) is 6.61. The first kappa shape index (κ1) is 25.2. The Morgan fingerprint density at radius 2 is 1.76 bits per heavy atom. The number of fused-ring (bicyclic) bond motifs is 1. The van der Waals surface area contributed by atoms with Crippen LogP contribution < -0.4 is 0 Å². The normalized spacial score (nSPS) is 58.3. The molecular weight excluding hydrogens is 496 g/mol. The Labute approximate surface area is 220 Å². The minimum Gasteiger partial charge on any atom is -0.472 e. The van der Waals surface area contributed by atoms with Crippen LogP contribution in [0.25, 0.3) is 0 Å². The highest BCUT2D eigenvalue weighted by Crippen LogP contribution is 2.82. The van der Waals surface area contributed by atoms with E-state index >= 15 is 0 Å². The number of esters is 1. The van der Waals surface area contributed by atoms with Gasteiger partial charge in [0.15, 0.2) is 18.2 Å². The lowest BCUT2D eigenvalue weighted by Crippen LogP contribution is -2.82. The van der Waals surface area contributed by atoms with Crippen molar-refractivity contribution in [3.8, 4) is 0 Å². The van der Waals surface area contributed by atoms with Gasteiger partial charge in [-0.3, -0.25) is 9.59 Å². The second kappa shape index (κ2) is 7.27. The quantitative estimate of drug-likeness (QED) is 0.318. The van der Waals surface area contributed by atoms with Gasteiger partial charge in [0.05, 0.1) is 49.0 Å². The third kappa shape index (κ3) is 2.36. The van der Waals surface area contributed by atoms with Crippen molar-refractivity contribution in [2.75, 3.05) is 6.61 Å². The van der Waals surface area contributed by atoms with Crippen LogP contribution in [0.5, 0.6) is 0 Å². The van der Waals surface area contributed by atoms with Gasteiger partial charge in [-0.15, -0.1) is 0 Å². The minimum atomic E-state index is -1.33. The number of carbonyl (C=O) groups is 2. The van der Waals surface area contributed by atoms with Gasteiger partial charge >= 0.3 is 5.97 Å². The summed E-state index contributed by atoms with van der Waals surface area (Å²) in [6.07, 6.45) is -2.28. The maximum Gasteiger partial charge on any atom is 0.303 e. The van der Waals surface area contributed by atoms with Crippen molar-refractivity contribution in [3.63, 3.8) is 0 Å². The molecule has 14 atom stereocenters. The number of epoxide rings is 1. The number of ketones is 1. The summed E-state index contributed by atoms with van der Waals surface area (Å²) in [6, 6.07) is 1.85. The van der Waals surface area contributed by atoms with E-state index in [-0.39, 0.29) is 37.3 Å². The predicted molar refractivity (Wildman–Crippen MR) is 127 cm³/mol. The molecule has 2 bridgehead atoms. The van der Waals surface area contributed by atoms with Crippen LogP contribution in [0.15, 0.2) is 23.0 Å². The van der Waals surface area contributed by atoms with E-state index in [1.807, 2.05) is 19.9 Å². The summed E-state index contributed by atoms with van der Waals surface area (Å²) in [5.41, 5.74) is -4.77. The van der Waals surface area contributed by atoms with Gasteiger partial charge in [-0.2, -0.15) is 0 Å². The number of aliphatic hydroxyl groups excluding tert-OH is 4. The summed E-state index contributed by atoms with van der Waals surface area (Å²) in [7, 11) is 0. The fourth-order valence-electron chi connectivity index (χ4n) is 10.6. The molecule has 0 aromatic carbocycles. The molecule has 38 heavy (non-hydrogen) atoms. The summed E-state index contributed by atoms with van der Waals surface area (Å²) >= 11 is 0. The molecule has 4 N–H and O–H groups in total. The van der Waals surface area contributed by atoms with E-state index in [2.05, 4.69) is 0 Å². The Morgan fingerprint density at radius 1 is 1.03 bits per heavy atom. The topological polar surface area (TPSA) is 159 Å². The first-order valence-corrected chi connectivity index (χ1v) is 13.6. The van der Waals surface area contributed by atoms with Crippen LogP contribution >= 0.6 is 0 Å².